The van der Waals surface area contributed by atoms with Crippen molar-refractivity contribution in [1.29, 1.82) is 0 Å². The van der Waals surface area contributed by atoms with Gasteiger partial charge in [-0.25, -0.2) is 0 Å². The highest BCUT2D eigenvalue weighted by Crippen LogP contribution is 2.34. The molecule has 0 saturated heterocycles. The normalized spacial score (nSPS) is 16.0. The van der Waals surface area contributed by atoms with Crippen LogP contribution in [0.4, 0.5) is 11.6 Å². The number of carbonyl (C=O) groups excluding carboxylic acids is 2. The maximum atomic E-state index is 12.5. The van der Waals surface area contributed by atoms with Gasteiger partial charge >= 0.3 is 11.8 Å². The summed E-state index contributed by atoms with van der Waals surface area (Å²) >= 11 is 0. The summed E-state index contributed by atoms with van der Waals surface area (Å²) in [5, 5.41) is 10.9. The number of hydrogen-bond donors (Lipinski definition) is 0. The van der Waals surface area contributed by atoms with E-state index in [0.29, 0.717) is 13.0 Å². The summed E-state index contributed by atoms with van der Waals surface area (Å²) in [5.74, 6) is -1.45. The summed E-state index contributed by atoms with van der Waals surface area (Å²) in [6.45, 7) is 4.20. The second-order valence-electron chi connectivity index (χ2n) is 5.52. The van der Waals surface area contributed by atoms with Crippen molar-refractivity contribution in [3.05, 3.63) is 22.2 Å². The van der Waals surface area contributed by atoms with E-state index in [4.69, 9.17) is 14.2 Å². The van der Waals surface area contributed by atoms with Crippen molar-refractivity contribution in [1.82, 2.24) is 4.98 Å². The molecule has 1 aromatic rings. The van der Waals surface area contributed by atoms with Crippen LogP contribution in [0, 0.1) is 10.1 Å². The van der Waals surface area contributed by atoms with Gasteiger partial charge in [0, 0.05) is 12.7 Å². The van der Waals surface area contributed by atoms with Crippen molar-refractivity contribution in [2.45, 2.75) is 32.8 Å². The molecule has 1 aliphatic heterocycles. The van der Waals surface area contributed by atoms with Crippen molar-refractivity contribution >= 4 is 23.5 Å². The molecule has 10 heteroatoms. The molecule has 0 radical (unpaired) electrons. The molecule has 0 spiro atoms. The highest BCUT2D eigenvalue weighted by molar-refractivity contribution is 6.02. The van der Waals surface area contributed by atoms with Crippen LogP contribution in [0.5, 0.6) is 5.75 Å². The number of nitro groups is 1. The number of carbonyl (C=O) groups is 2. The Hall–Kier alpha value is -2.75. The minimum absolute atomic E-state index is 0.0593. The zero-order valence-electron chi connectivity index (χ0n) is 14.7. The predicted octanol–water partition coefficient (Wildman–Crippen LogP) is 1.46. The summed E-state index contributed by atoms with van der Waals surface area (Å²) in [7, 11) is 0. The third-order valence-electron chi connectivity index (χ3n) is 3.58. The topological polar surface area (TPSA) is 121 Å². The Balaban J connectivity index is 2.12. The second kappa shape index (κ2) is 9.09. The number of aromatic nitrogens is 1. The molecular formula is C16H21N3O7. The van der Waals surface area contributed by atoms with E-state index in [1.165, 1.54) is 12.1 Å². The number of amides is 1. The van der Waals surface area contributed by atoms with Gasteiger partial charge in [-0.3, -0.25) is 14.5 Å². The first-order valence-electron chi connectivity index (χ1n) is 8.34. The van der Waals surface area contributed by atoms with Crippen LogP contribution in [0.15, 0.2) is 12.1 Å². The Labute approximate surface area is 150 Å². The molecule has 26 heavy (non-hydrogen) atoms. The van der Waals surface area contributed by atoms with Crippen molar-refractivity contribution in [3.63, 3.8) is 0 Å². The van der Waals surface area contributed by atoms with Gasteiger partial charge in [0.15, 0.2) is 11.9 Å². The summed E-state index contributed by atoms with van der Waals surface area (Å²) < 4.78 is 15.8. The van der Waals surface area contributed by atoms with E-state index in [-0.39, 0.29) is 24.8 Å². The predicted molar refractivity (Wildman–Crippen MR) is 90.0 cm³/mol. The molecule has 1 aliphatic rings. The molecule has 2 rings (SSSR count). The maximum Gasteiger partial charge on any atom is 0.366 e. The Morgan fingerprint density at radius 1 is 1.35 bits per heavy atom. The standard InChI is InChI=1S/C16H21N3O7/c1-3-7-24-8-9-25-14(20)10-18-15-12(26-11(4-2)16(18)21)5-6-13(17-15)19(22)23/h5-6,11H,3-4,7-10H2,1-2H3. The lowest BCUT2D eigenvalue weighted by molar-refractivity contribution is -0.389. The highest BCUT2D eigenvalue weighted by atomic mass is 16.6. The number of hydrogen-bond acceptors (Lipinski definition) is 8. The minimum Gasteiger partial charge on any atom is -0.474 e. The number of fused-ring (bicyclic) bond motifs is 1. The average molecular weight is 367 g/mol. The van der Waals surface area contributed by atoms with Gasteiger partial charge in [-0.1, -0.05) is 13.8 Å². The molecule has 1 amide bonds. The molecule has 1 atom stereocenters. The zero-order valence-corrected chi connectivity index (χ0v) is 14.7. The fourth-order valence-electron chi connectivity index (χ4n) is 2.34. The number of rotatable bonds is 9. The average Bonchev–Trinajstić information content (AvgIpc) is 2.63. The van der Waals surface area contributed by atoms with Crippen LogP contribution in [0.1, 0.15) is 26.7 Å². The van der Waals surface area contributed by atoms with Crippen LogP contribution in [0.25, 0.3) is 0 Å². The lowest BCUT2D eigenvalue weighted by Gasteiger charge is -2.29. The molecular weight excluding hydrogens is 346 g/mol. The van der Waals surface area contributed by atoms with Gasteiger partial charge in [-0.15, -0.1) is 0 Å². The minimum atomic E-state index is -0.786. The molecule has 0 aromatic carbocycles. The molecule has 0 bridgehead atoms. The molecule has 0 N–H and O–H groups in total. The summed E-state index contributed by atoms with van der Waals surface area (Å²) in [4.78, 5) is 39.7. The van der Waals surface area contributed by atoms with Crippen LogP contribution in [0.2, 0.25) is 0 Å². The van der Waals surface area contributed by atoms with Crippen LogP contribution < -0.4 is 9.64 Å². The van der Waals surface area contributed by atoms with Crippen LogP contribution in [-0.2, 0) is 19.1 Å². The fourth-order valence-corrected chi connectivity index (χ4v) is 2.34. The fraction of sp³-hybridized carbons (Fsp3) is 0.562. The molecule has 0 aliphatic carbocycles. The first-order chi connectivity index (χ1) is 12.5. The Bertz CT molecular complexity index is 680. The monoisotopic (exact) mass is 367 g/mol. The highest BCUT2D eigenvalue weighted by Gasteiger charge is 2.39. The molecule has 1 unspecified atom stereocenters. The van der Waals surface area contributed by atoms with Crippen molar-refractivity contribution in [3.8, 4) is 5.75 Å². The molecule has 1 aromatic heterocycles. The van der Waals surface area contributed by atoms with Gasteiger partial charge in [0.1, 0.15) is 13.2 Å². The molecule has 0 fully saturated rings. The summed E-state index contributed by atoms with van der Waals surface area (Å²) in [6, 6.07) is 2.55. The lowest BCUT2D eigenvalue weighted by atomic mass is 10.2. The molecule has 142 valence electrons. The SMILES string of the molecule is CCCOCCOC(=O)CN1C(=O)C(CC)Oc2ccc([N+](=O)[O-])nc21. The van der Waals surface area contributed by atoms with E-state index in [2.05, 4.69) is 4.98 Å². The van der Waals surface area contributed by atoms with Crippen molar-refractivity contribution < 1.29 is 28.7 Å². The number of ether oxygens (including phenoxy) is 3. The van der Waals surface area contributed by atoms with Crippen molar-refractivity contribution in [2.24, 2.45) is 0 Å². The van der Waals surface area contributed by atoms with Crippen LogP contribution in [0.3, 0.4) is 0 Å². The van der Waals surface area contributed by atoms with Crippen LogP contribution >= 0.6 is 0 Å². The summed E-state index contributed by atoms with van der Waals surface area (Å²) in [5.41, 5.74) is 0. The van der Waals surface area contributed by atoms with Gasteiger partial charge < -0.3 is 24.3 Å². The van der Waals surface area contributed by atoms with E-state index in [0.717, 1.165) is 11.3 Å². The van der Waals surface area contributed by atoms with Gasteiger partial charge in [0.2, 0.25) is 0 Å². The van der Waals surface area contributed by atoms with E-state index < -0.39 is 35.3 Å². The Morgan fingerprint density at radius 3 is 2.77 bits per heavy atom. The van der Waals surface area contributed by atoms with E-state index >= 15 is 0 Å². The van der Waals surface area contributed by atoms with E-state index in [1.54, 1.807) is 6.92 Å². The van der Waals surface area contributed by atoms with Gasteiger partial charge in [-0.05, 0) is 28.8 Å². The Morgan fingerprint density at radius 2 is 2.12 bits per heavy atom. The first kappa shape index (κ1) is 19.6. The quantitative estimate of drug-likeness (QED) is 0.278. The number of anilines is 1. The maximum absolute atomic E-state index is 12.5. The third-order valence-corrected chi connectivity index (χ3v) is 3.58. The molecule has 10 nitrogen and oxygen atoms in total. The smallest absolute Gasteiger partial charge is 0.366 e. The second-order valence-corrected chi connectivity index (χ2v) is 5.52. The van der Waals surface area contributed by atoms with Crippen LogP contribution in [-0.4, -0.2) is 54.3 Å². The van der Waals surface area contributed by atoms with E-state index in [9.17, 15) is 19.7 Å². The first-order valence-corrected chi connectivity index (χ1v) is 8.34. The number of pyridine rings is 1. The largest absolute Gasteiger partial charge is 0.474 e. The van der Waals surface area contributed by atoms with Crippen molar-refractivity contribution in [2.75, 3.05) is 31.3 Å². The van der Waals surface area contributed by atoms with Gasteiger partial charge in [-0.2, -0.15) is 0 Å². The number of nitrogens with zero attached hydrogens (tertiary/aromatic N) is 3. The third kappa shape index (κ3) is 4.66. The summed E-state index contributed by atoms with van der Waals surface area (Å²) in [6.07, 6.45) is 0.452. The van der Waals surface area contributed by atoms with Gasteiger partial charge in [0.05, 0.1) is 6.61 Å². The Kier molecular flexibility index (Phi) is 6.84. The molecule has 2 heterocycles. The van der Waals surface area contributed by atoms with E-state index in [1.807, 2.05) is 6.92 Å². The zero-order chi connectivity index (χ0) is 19.1. The number of esters is 1. The molecule has 0 saturated carbocycles. The van der Waals surface area contributed by atoms with Gasteiger partial charge in [0.25, 0.3) is 11.7 Å². The lowest BCUT2D eigenvalue weighted by Crippen LogP contribution is -2.48.